The Labute approximate surface area is 438 Å². The zero-order valence-electron chi connectivity index (χ0n) is 43.6. The van der Waals surface area contributed by atoms with Crippen molar-refractivity contribution in [1.82, 2.24) is 9.55 Å². The maximum atomic E-state index is 12.9. The molecule has 2 heterocycles. The van der Waals surface area contributed by atoms with Crippen molar-refractivity contribution in [3.05, 3.63) is 83.5 Å². The number of carbonyl (C=O) groups is 2. The minimum absolute atomic E-state index is 0.0215. The summed E-state index contributed by atoms with van der Waals surface area (Å²) in [6.07, 6.45) is 31.6. The number of hydrogen-bond donors (Lipinski definition) is 7. The predicted octanol–water partition coefficient (Wildman–Crippen LogP) is 9.06. The fraction of sp³-hybridized carbons (Fsp3) is 0.692. The Kier molecular flexibility index (Phi) is 35.7. The Morgan fingerprint density at radius 1 is 0.703 bits per heavy atom. The van der Waals surface area contributed by atoms with Gasteiger partial charge in [-0.1, -0.05) is 132 Å². The van der Waals surface area contributed by atoms with Gasteiger partial charge in [0.1, 0.15) is 30.7 Å². The predicted molar refractivity (Wildman–Crippen MR) is 282 cm³/mol. The average molecular weight is 1090 g/mol. The number of anilines is 1. The van der Waals surface area contributed by atoms with E-state index in [0.717, 1.165) is 81.4 Å². The maximum Gasteiger partial charge on any atom is 0.481 e. The molecule has 0 radical (unpaired) electrons. The first-order chi connectivity index (χ1) is 35.5. The van der Waals surface area contributed by atoms with Crippen molar-refractivity contribution in [2.24, 2.45) is 0 Å². The molecule has 2 rings (SSSR count). The van der Waals surface area contributed by atoms with Crippen LogP contribution in [0, 0.1) is 0 Å². The summed E-state index contributed by atoms with van der Waals surface area (Å²) >= 11 is 0. The maximum absolute atomic E-state index is 12.9. The van der Waals surface area contributed by atoms with Gasteiger partial charge < -0.3 is 50.2 Å². The lowest BCUT2D eigenvalue weighted by atomic mass is 10.0. The van der Waals surface area contributed by atoms with E-state index in [9.17, 15) is 53.7 Å². The quantitative estimate of drug-likeness (QED) is 0.0139. The lowest BCUT2D eigenvalue weighted by Gasteiger charge is -2.21. The highest BCUT2D eigenvalue weighted by atomic mass is 31.3. The molecule has 22 heteroatoms. The fourth-order valence-corrected chi connectivity index (χ4v) is 9.62. The lowest BCUT2D eigenvalue weighted by molar-refractivity contribution is -0.161. The first-order valence-corrected chi connectivity index (χ1v) is 29.5. The van der Waals surface area contributed by atoms with Crippen molar-refractivity contribution in [2.75, 3.05) is 25.6 Å². The van der Waals surface area contributed by atoms with Crippen LogP contribution in [-0.2, 0) is 46.3 Å². The average Bonchev–Trinajstić information content (AvgIpc) is 3.63. The number of rotatable bonds is 43. The third kappa shape index (κ3) is 31.4. The van der Waals surface area contributed by atoms with E-state index >= 15 is 0 Å². The van der Waals surface area contributed by atoms with Crippen LogP contribution >= 0.6 is 15.6 Å². The highest BCUT2D eigenvalue weighted by Crippen LogP contribution is 2.60. The number of phosphoric acid groups is 2. The highest BCUT2D eigenvalue weighted by molar-refractivity contribution is 7.61. The zero-order chi connectivity index (χ0) is 54.5. The molecule has 4 unspecified atom stereocenters. The third-order valence-electron chi connectivity index (χ3n) is 11.8. The van der Waals surface area contributed by atoms with Gasteiger partial charge in [0.15, 0.2) is 12.3 Å². The van der Waals surface area contributed by atoms with Gasteiger partial charge in [-0.25, -0.2) is 13.9 Å². The Bertz CT molecular complexity index is 2010. The summed E-state index contributed by atoms with van der Waals surface area (Å²) in [5, 5.41) is 41.8. The molecule has 0 bridgehead atoms. The van der Waals surface area contributed by atoms with Gasteiger partial charge in [-0.05, 0) is 89.5 Å². The molecule has 0 spiro atoms. The van der Waals surface area contributed by atoms with Gasteiger partial charge in [0.05, 0.1) is 25.4 Å². The molecule has 1 saturated heterocycles. The van der Waals surface area contributed by atoms with Crippen LogP contribution in [0.1, 0.15) is 174 Å². The van der Waals surface area contributed by atoms with Crippen molar-refractivity contribution >= 4 is 33.4 Å². The van der Waals surface area contributed by atoms with Crippen LogP contribution in [0.4, 0.5) is 5.82 Å². The summed E-state index contributed by atoms with van der Waals surface area (Å²) in [6, 6.07) is 1.23. The van der Waals surface area contributed by atoms with E-state index in [0.29, 0.717) is 12.8 Å². The smallest absolute Gasteiger partial charge is 0.462 e. The van der Waals surface area contributed by atoms with Crippen molar-refractivity contribution in [2.45, 2.75) is 211 Å². The molecule has 0 saturated carbocycles. The largest absolute Gasteiger partial charge is 0.481 e. The Hall–Kier alpha value is -3.62. The Morgan fingerprint density at radius 2 is 1.23 bits per heavy atom. The summed E-state index contributed by atoms with van der Waals surface area (Å²) in [6.45, 7) is 1.81. The highest BCUT2D eigenvalue weighted by Gasteiger charge is 2.46. The molecule has 1 fully saturated rings. The second-order valence-corrected chi connectivity index (χ2v) is 21.4. The Morgan fingerprint density at radius 3 is 1.82 bits per heavy atom. The summed E-state index contributed by atoms with van der Waals surface area (Å²) in [4.78, 5) is 62.0. The van der Waals surface area contributed by atoms with Crippen molar-refractivity contribution in [3.8, 4) is 0 Å². The van der Waals surface area contributed by atoms with E-state index < -0.39 is 95.9 Å². The number of carbonyl (C=O) groups excluding carboxylic acids is 2. The molecule has 422 valence electrons. The minimum atomic E-state index is -5.49. The van der Waals surface area contributed by atoms with Crippen molar-refractivity contribution in [1.29, 1.82) is 0 Å². The van der Waals surface area contributed by atoms with Gasteiger partial charge in [0.2, 0.25) is 0 Å². The molecule has 0 amide bonds. The number of nitrogens with two attached hydrogens (primary N) is 1. The van der Waals surface area contributed by atoms with Gasteiger partial charge in [-0.3, -0.25) is 23.2 Å². The van der Waals surface area contributed by atoms with Gasteiger partial charge in [-0.15, -0.1) is 0 Å². The monoisotopic (exact) mass is 1090 g/mol. The molecule has 74 heavy (non-hydrogen) atoms. The molecular weight excluding hydrogens is 1000 g/mol. The van der Waals surface area contributed by atoms with Gasteiger partial charge in [0, 0.05) is 19.0 Å². The fourth-order valence-electron chi connectivity index (χ4n) is 7.50. The number of nitrogens with zero attached hydrogens (tertiary/aromatic N) is 2. The first kappa shape index (κ1) is 66.5. The van der Waals surface area contributed by atoms with Crippen molar-refractivity contribution in [3.63, 3.8) is 0 Å². The number of phosphoric ester groups is 2. The molecule has 1 aliphatic rings. The normalized spacial score (nSPS) is 20.2. The summed E-state index contributed by atoms with van der Waals surface area (Å²) in [7, 11) is -11.0. The summed E-state index contributed by atoms with van der Waals surface area (Å²) < 4.78 is 56.6. The number of unbranched alkanes of at least 4 members (excludes halogenated alkanes) is 13. The van der Waals surface area contributed by atoms with Gasteiger partial charge in [-0.2, -0.15) is 9.29 Å². The number of aliphatic hydroxyl groups is 4. The summed E-state index contributed by atoms with van der Waals surface area (Å²) in [5.74, 6) is -1.61. The standard InChI is InChI=1S/C52H87N3O17P2/c1-3-5-7-9-11-13-15-17-18-19-20-21-23-25-27-29-31-35-48(59)70-42(39-67-47(58)36-32-34-44(57)43(56)33-30-28-26-24-22-16-14-12-10-8-6-4-2)40-68-73(63,64)72-74(65,66)69-41-45-49(60)50(61)51(71-45)55-38-37-46(53)54-52(55)62/h11-14,17-18,22,24,28,30,37-38,42-45,49-51,56-57,60-61H,3-10,15-16,19-21,23,25-27,29,31-36,39-41H2,1-2H3,(H,63,64)(H,65,66)(H2,53,54,62)/b13-11-,14-12-,18-17-,24-22-,30-28-/t42-,43?,44?,45-,49-,50-,51-/m1/s1. The van der Waals surface area contributed by atoms with E-state index in [1.54, 1.807) is 6.08 Å². The first-order valence-electron chi connectivity index (χ1n) is 26.5. The Balaban J connectivity index is 1.86. The van der Waals surface area contributed by atoms with Gasteiger partial charge >= 0.3 is 33.3 Å². The molecule has 8 N–H and O–H groups in total. The molecule has 20 nitrogen and oxygen atoms in total. The number of ether oxygens (including phenoxy) is 3. The molecule has 1 aliphatic heterocycles. The topological polar surface area (TPSA) is 306 Å². The number of nitrogen functional groups attached to an aromatic ring is 1. The molecule has 1 aromatic rings. The van der Waals surface area contributed by atoms with Crippen LogP contribution in [0.15, 0.2) is 77.8 Å². The molecule has 0 aromatic carbocycles. The van der Waals surface area contributed by atoms with Crippen LogP contribution in [0.5, 0.6) is 0 Å². The summed E-state index contributed by atoms with van der Waals surface area (Å²) in [5.41, 5.74) is 4.57. The van der Waals surface area contributed by atoms with E-state index in [1.165, 1.54) is 44.6 Å². The lowest BCUT2D eigenvalue weighted by Crippen LogP contribution is -2.36. The van der Waals surface area contributed by atoms with E-state index in [-0.39, 0.29) is 37.9 Å². The number of allylic oxidation sites excluding steroid dienone is 9. The van der Waals surface area contributed by atoms with E-state index in [4.69, 9.17) is 29.0 Å². The number of aromatic nitrogens is 2. The molecular formula is C52H87N3O17P2. The van der Waals surface area contributed by atoms with Crippen molar-refractivity contribution < 1.29 is 76.5 Å². The molecule has 1 aromatic heterocycles. The number of hydrogen-bond acceptors (Lipinski definition) is 17. The van der Waals surface area contributed by atoms with E-state index in [1.807, 2.05) is 12.2 Å². The van der Waals surface area contributed by atoms with Gasteiger partial charge in [0.25, 0.3) is 0 Å². The van der Waals surface area contributed by atoms with Crippen LogP contribution in [-0.4, -0.2) is 108 Å². The van der Waals surface area contributed by atoms with Crippen LogP contribution in [0.3, 0.4) is 0 Å². The van der Waals surface area contributed by atoms with E-state index in [2.05, 4.69) is 65.7 Å². The second kappa shape index (κ2) is 39.7. The molecule has 0 aliphatic carbocycles. The minimum Gasteiger partial charge on any atom is -0.462 e. The number of aliphatic hydroxyl groups excluding tert-OH is 4. The number of esters is 2. The van der Waals surface area contributed by atoms with Crippen LogP contribution in [0.25, 0.3) is 0 Å². The SMILES string of the molecule is CCCCC/C=C\C/C=C\C/C=C\CC(O)C(O)CCCC(=O)OC[C@H](COP(=O)(O)OP(=O)(O)OC[C@H]1O[C@@H](n2ccc(N)nc2=O)[C@H](O)[C@@H]1O)OC(=O)CCCCCCCCC/C=C\C/C=C\CCCCC. The molecule has 9 atom stereocenters. The second-order valence-electron chi connectivity index (χ2n) is 18.3. The zero-order valence-corrected chi connectivity index (χ0v) is 45.4. The van der Waals surface area contributed by atoms with Crippen LogP contribution < -0.4 is 11.4 Å². The third-order valence-corrected chi connectivity index (χ3v) is 14.4. The van der Waals surface area contributed by atoms with Crippen LogP contribution in [0.2, 0.25) is 0 Å².